The number of rotatable bonds is 12. The summed E-state index contributed by atoms with van der Waals surface area (Å²) in [5.74, 6) is 0.648. The van der Waals surface area contributed by atoms with Gasteiger partial charge in [-0.15, -0.1) is 0 Å². The maximum absolute atomic E-state index is 5.96. The number of hydrogen-bond acceptors (Lipinski definition) is 3. The molecule has 0 N–H and O–H groups in total. The summed E-state index contributed by atoms with van der Waals surface area (Å²) in [5.41, 5.74) is 0.361. The monoisotopic (exact) mass is 302 g/mol. The molecular formula is C16H34O3Si. The van der Waals surface area contributed by atoms with Gasteiger partial charge in [-0.2, -0.15) is 0 Å². The van der Waals surface area contributed by atoms with Crippen molar-refractivity contribution in [3.05, 3.63) is 12.2 Å². The third kappa shape index (κ3) is 7.02. The Hall–Kier alpha value is -0.163. The Morgan fingerprint density at radius 2 is 1.40 bits per heavy atom. The Balaban J connectivity index is 4.48. The van der Waals surface area contributed by atoms with E-state index in [1.54, 1.807) is 0 Å². The van der Waals surface area contributed by atoms with E-state index in [1.807, 2.05) is 20.8 Å². The van der Waals surface area contributed by atoms with Crippen LogP contribution in [0.5, 0.6) is 0 Å². The minimum Gasteiger partial charge on any atom is -0.374 e. The molecule has 0 aliphatic rings. The maximum Gasteiger partial charge on any atom is 0.503 e. The van der Waals surface area contributed by atoms with Crippen molar-refractivity contribution in [3.8, 4) is 0 Å². The quantitative estimate of drug-likeness (QED) is 0.382. The first-order valence-electron chi connectivity index (χ1n) is 8.10. The lowest BCUT2D eigenvalue weighted by atomic mass is 10.0. The van der Waals surface area contributed by atoms with Gasteiger partial charge < -0.3 is 13.3 Å². The second kappa shape index (κ2) is 11.5. The van der Waals surface area contributed by atoms with Gasteiger partial charge in [0.2, 0.25) is 0 Å². The summed E-state index contributed by atoms with van der Waals surface area (Å²) in [6.07, 6.45) is 7.91. The first kappa shape index (κ1) is 19.8. The predicted molar refractivity (Wildman–Crippen MR) is 87.9 cm³/mol. The van der Waals surface area contributed by atoms with Crippen LogP contribution in [0.2, 0.25) is 5.54 Å². The summed E-state index contributed by atoms with van der Waals surface area (Å²) < 4.78 is 17.9. The molecule has 0 aromatic heterocycles. The van der Waals surface area contributed by atoms with Crippen LogP contribution in [-0.2, 0) is 13.3 Å². The number of hydrogen-bond donors (Lipinski definition) is 0. The average molecular weight is 303 g/mol. The van der Waals surface area contributed by atoms with Crippen molar-refractivity contribution in [3.63, 3.8) is 0 Å². The second-order valence-electron chi connectivity index (χ2n) is 5.24. The molecule has 0 aliphatic carbocycles. The second-order valence-corrected chi connectivity index (χ2v) is 8.30. The van der Waals surface area contributed by atoms with Crippen LogP contribution in [0.25, 0.3) is 0 Å². The van der Waals surface area contributed by atoms with Gasteiger partial charge in [-0.25, -0.2) is 0 Å². The van der Waals surface area contributed by atoms with Gasteiger partial charge >= 0.3 is 8.80 Å². The van der Waals surface area contributed by atoms with Crippen LogP contribution in [0.1, 0.15) is 60.8 Å². The highest BCUT2D eigenvalue weighted by Gasteiger charge is 2.46. The molecular weight excluding hydrogens is 268 g/mol. The van der Waals surface area contributed by atoms with Crippen LogP contribution in [0.4, 0.5) is 0 Å². The van der Waals surface area contributed by atoms with Crippen molar-refractivity contribution < 1.29 is 13.3 Å². The zero-order valence-electron chi connectivity index (χ0n) is 14.3. The lowest BCUT2D eigenvalue weighted by Gasteiger charge is -2.33. The summed E-state index contributed by atoms with van der Waals surface area (Å²) >= 11 is 0. The van der Waals surface area contributed by atoms with Gasteiger partial charge in [0.15, 0.2) is 0 Å². The van der Waals surface area contributed by atoms with Crippen molar-refractivity contribution in [2.75, 3.05) is 19.8 Å². The lowest BCUT2D eigenvalue weighted by Crippen LogP contribution is -2.49. The minimum absolute atomic E-state index is 0.361. The molecule has 120 valence electrons. The standard InChI is InChI=1S/C16H34O3Si/c1-7-12-15(5)13-11-14-16(6)20(17-8-2,18-9-3)19-10-4/h7,12,15-16H,8-11,13-14H2,1-6H3/b12-7+. The van der Waals surface area contributed by atoms with E-state index in [-0.39, 0.29) is 0 Å². The zero-order valence-corrected chi connectivity index (χ0v) is 15.3. The predicted octanol–water partition coefficient (Wildman–Crippen LogP) is 4.81. The lowest BCUT2D eigenvalue weighted by molar-refractivity contribution is 0.0612. The normalized spacial score (nSPS) is 15.7. The molecule has 0 heterocycles. The van der Waals surface area contributed by atoms with Gasteiger partial charge in [0.25, 0.3) is 0 Å². The zero-order chi connectivity index (χ0) is 15.4. The first-order chi connectivity index (χ1) is 9.56. The molecule has 0 bridgehead atoms. The van der Waals surface area contributed by atoms with Crippen LogP contribution in [0.3, 0.4) is 0 Å². The van der Waals surface area contributed by atoms with Crippen LogP contribution in [0, 0.1) is 5.92 Å². The highest BCUT2D eigenvalue weighted by atomic mass is 28.4. The fourth-order valence-corrected chi connectivity index (χ4v) is 5.37. The molecule has 4 heteroatoms. The summed E-state index contributed by atoms with van der Waals surface area (Å²) in [5, 5.41) is 0. The van der Waals surface area contributed by atoms with E-state index in [0.29, 0.717) is 31.3 Å². The van der Waals surface area contributed by atoms with E-state index in [0.717, 1.165) is 6.42 Å². The molecule has 20 heavy (non-hydrogen) atoms. The van der Waals surface area contributed by atoms with Crippen molar-refractivity contribution in [1.29, 1.82) is 0 Å². The van der Waals surface area contributed by atoms with Crippen molar-refractivity contribution in [2.24, 2.45) is 5.92 Å². The minimum atomic E-state index is -2.51. The Kier molecular flexibility index (Phi) is 11.4. The van der Waals surface area contributed by atoms with Crippen LogP contribution < -0.4 is 0 Å². The molecule has 2 unspecified atom stereocenters. The molecule has 2 atom stereocenters. The summed E-state index contributed by atoms with van der Waals surface area (Å²) in [6, 6.07) is 0. The molecule has 0 saturated heterocycles. The molecule has 0 aromatic rings. The average Bonchev–Trinajstić information content (AvgIpc) is 2.39. The highest BCUT2D eigenvalue weighted by molar-refractivity contribution is 6.62. The van der Waals surface area contributed by atoms with E-state index in [9.17, 15) is 0 Å². The molecule has 0 fully saturated rings. The summed E-state index contributed by atoms with van der Waals surface area (Å²) in [6.45, 7) is 14.6. The van der Waals surface area contributed by atoms with E-state index in [4.69, 9.17) is 13.3 Å². The van der Waals surface area contributed by atoms with Gasteiger partial charge in [0.05, 0.1) is 0 Å². The first-order valence-corrected chi connectivity index (χ1v) is 9.91. The molecule has 0 spiro atoms. The van der Waals surface area contributed by atoms with Crippen molar-refractivity contribution in [2.45, 2.75) is 66.3 Å². The van der Waals surface area contributed by atoms with Crippen LogP contribution in [-0.4, -0.2) is 28.6 Å². The Morgan fingerprint density at radius 3 is 1.80 bits per heavy atom. The van der Waals surface area contributed by atoms with Crippen molar-refractivity contribution >= 4 is 8.80 Å². The third-order valence-electron chi connectivity index (χ3n) is 3.46. The fraction of sp³-hybridized carbons (Fsp3) is 0.875. The van der Waals surface area contributed by atoms with E-state index < -0.39 is 8.80 Å². The fourth-order valence-electron chi connectivity index (χ4n) is 2.50. The maximum atomic E-state index is 5.96. The van der Waals surface area contributed by atoms with Crippen LogP contribution >= 0.6 is 0 Å². The van der Waals surface area contributed by atoms with Crippen LogP contribution in [0.15, 0.2) is 12.2 Å². The third-order valence-corrected chi connectivity index (χ3v) is 7.03. The van der Waals surface area contributed by atoms with Gasteiger partial charge in [-0.05, 0) is 46.5 Å². The summed E-state index contributed by atoms with van der Waals surface area (Å²) in [7, 11) is -2.51. The molecule has 0 radical (unpaired) electrons. The molecule has 0 saturated carbocycles. The smallest absolute Gasteiger partial charge is 0.374 e. The van der Waals surface area contributed by atoms with Crippen molar-refractivity contribution in [1.82, 2.24) is 0 Å². The Bertz CT molecular complexity index is 239. The van der Waals surface area contributed by atoms with Gasteiger partial charge in [0, 0.05) is 25.4 Å². The van der Waals surface area contributed by atoms with E-state index in [1.165, 1.54) is 12.8 Å². The largest absolute Gasteiger partial charge is 0.503 e. The molecule has 0 aromatic carbocycles. The SMILES string of the molecule is C/C=C/C(C)CCCC(C)[Si](OCC)(OCC)OCC. The highest BCUT2D eigenvalue weighted by Crippen LogP contribution is 2.31. The van der Waals surface area contributed by atoms with E-state index >= 15 is 0 Å². The Morgan fingerprint density at radius 1 is 0.900 bits per heavy atom. The summed E-state index contributed by atoms with van der Waals surface area (Å²) in [4.78, 5) is 0. The molecule has 0 amide bonds. The molecule has 0 aliphatic heterocycles. The van der Waals surface area contributed by atoms with Gasteiger partial charge in [-0.3, -0.25) is 0 Å². The Labute approximate surface area is 127 Å². The topological polar surface area (TPSA) is 27.7 Å². The molecule has 0 rings (SSSR count). The molecule has 3 nitrogen and oxygen atoms in total. The van der Waals surface area contributed by atoms with Gasteiger partial charge in [-0.1, -0.05) is 32.4 Å². The number of allylic oxidation sites excluding steroid dienone is 2. The van der Waals surface area contributed by atoms with Gasteiger partial charge in [0.1, 0.15) is 0 Å². The van der Waals surface area contributed by atoms with E-state index in [2.05, 4.69) is 32.9 Å².